The molecule has 108 valence electrons. The maximum atomic E-state index is 13.0. The fourth-order valence-electron chi connectivity index (χ4n) is 1.35. The summed E-state index contributed by atoms with van der Waals surface area (Å²) in [6.07, 6.45) is 0. The molecule has 0 unspecified atom stereocenters. The summed E-state index contributed by atoms with van der Waals surface area (Å²) in [4.78, 5) is 1.74. The highest BCUT2D eigenvalue weighted by Crippen LogP contribution is 2.20. The second-order valence-electron chi connectivity index (χ2n) is 4.16. The topological polar surface area (TPSA) is 29.3 Å². The van der Waals surface area contributed by atoms with Crippen LogP contribution >= 0.6 is 31.9 Å². The lowest BCUT2D eigenvalue weighted by Crippen LogP contribution is -2.10. The molecule has 0 spiro atoms. The summed E-state index contributed by atoms with van der Waals surface area (Å²) in [6, 6.07) is 9.54. The Hall–Kier alpha value is -1.14. The summed E-state index contributed by atoms with van der Waals surface area (Å²) in [5, 5.41) is 0. The molecule has 2 nitrogen and oxygen atoms in total. The van der Waals surface area contributed by atoms with Gasteiger partial charge in [-0.2, -0.15) is 0 Å². The van der Waals surface area contributed by atoms with E-state index >= 15 is 0 Å². The molecule has 20 heavy (non-hydrogen) atoms. The first-order valence-electron chi connectivity index (χ1n) is 5.64. The van der Waals surface area contributed by atoms with Crippen LogP contribution in [0.5, 0.6) is 0 Å². The van der Waals surface area contributed by atoms with Crippen molar-refractivity contribution in [1.29, 1.82) is 0 Å². The van der Waals surface area contributed by atoms with E-state index in [1.807, 2.05) is 20.2 Å². The van der Waals surface area contributed by atoms with Crippen molar-refractivity contribution in [1.82, 2.24) is 0 Å². The number of nitrogen functional groups attached to an aromatic ring is 1. The molecule has 6 heteroatoms. The summed E-state index contributed by atoms with van der Waals surface area (Å²) in [7, 11) is 3.62. The average molecular weight is 408 g/mol. The number of halogens is 4. The summed E-state index contributed by atoms with van der Waals surface area (Å²) < 4.78 is 26.9. The molecule has 2 aromatic rings. The molecular weight excluding hydrogens is 394 g/mol. The van der Waals surface area contributed by atoms with Crippen molar-refractivity contribution < 1.29 is 8.78 Å². The third-order valence-electron chi connectivity index (χ3n) is 2.35. The molecule has 0 aliphatic carbocycles. The Balaban J connectivity index is 0.000000204. The third-order valence-corrected chi connectivity index (χ3v) is 3.34. The number of rotatable bonds is 1. The van der Waals surface area contributed by atoms with Crippen LogP contribution in [0.3, 0.4) is 0 Å². The molecule has 0 aromatic heterocycles. The van der Waals surface area contributed by atoms with Crippen molar-refractivity contribution >= 4 is 43.2 Å². The molecule has 0 saturated carbocycles. The number of hydrogen-bond donors (Lipinski definition) is 1. The van der Waals surface area contributed by atoms with Gasteiger partial charge >= 0.3 is 0 Å². The predicted molar refractivity (Wildman–Crippen MR) is 86.9 cm³/mol. The van der Waals surface area contributed by atoms with Crippen LogP contribution in [0.25, 0.3) is 0 Å². The molecule has 0 radical (unpaired) electrons. The zero-order valence-corrected chi connectivity index (χ0v) is 14.2. The van der Waals surface area contributed by atoms with Crippen LogP contribution in [0, 0.1) is 11.6 Å². The Kier molecular flexibility index (Phi) is 6.42. The van der Waals surface area contributed by atoms with E-state index < -0.39 is 0 Å². The van der Waals surface area contributed by atoms with Crippen molar-refractivity contribution in [2.24, 2.45) is 0 Å². The van der Waals surface area contributed by atoms with Crippen molar-refractivity contribution in [3.63, 3.8) is 0 Å². The minimum absolute atomic E-state index is 0.179. The maximum Gasteiger partial charge on any atom is 0.147 e. The lowest BCUT2D eigenvalue weighted by molar-refractivity contribution is 0.625. The van der Waals surface area contributed by atoms with E-state index in [4.69, 9.17) is 5.73 Å². The Morgan fingerprint density at radius 2 is 1.40 bits per heavy atom. The van der Waals surface area contributed by atoms with E-state index in [0.29, 0.717) is 10.2 Å². The fraction of sp³-hybridized carbons (Fsp3) is 0.143. The zero-order valence-electron chi connectivity index (χ0n) is 11.0. The first-order chi connectivity index (χ1) is 9.31. The second-order valence-corrected chi connectivity index (χ2v) is 5.99. The summed E-state index contributed by atoms with van der Waals surface area (Å²) in [5.41, 5.74) is 5.98. The molecular formula is C14H14Br2F2N2. The lowest BCUT2D eigenvalue weighted by atomic mass is 10.3. The van der Waals surface area contributed by atoms with Gasteiger partial charge in [0.2, 0.25) is 0 Å². The van der Waals surface area contributed by atoms with E-state index in [2.05, 4.69) is 31.9 Å². The second kappa shape index (κ2) is 7.59. The highest BCUT2D eigenvalue weighted by Gasteiger charge is 2.02. The van der Waals surface area contributed by atoms with Gasteiger partial charge in [0.15, 0.2) is 0 Å². The van der Waals surface area contributed by atoms with Crippen LogP contribution < -0.4 is 10.6 Å². The molecule has 2 N–H and O–H groups in total. The number of nitrogens with zero attached hydrogens (tertiary/aromatic N) is 1. The summed E-state index contributed by atoms with van der Waals surface area (Å²) in [6.45, 7) is 0. The molecule has 0 bridgehead atoms. The number of benzene rings is 2. The van der Waals surface area contributed by atoms with Gasteiger partial charge in [-0.05, 0) is 36.4 Å². The van der Waals surface area contributed by atoms with E-state index in [9.17, 15) is 8.78 Å². The van der Waals surface area contributed by atoms with E-state index in [1.54, 1.807) is 17.0 Å². The van der Waals surface area contributed by atoms with Gasteiger partial charge in [0, 0.05) is 23.0 Å². The van der Waals surface area contributed by atoms with Crippen molar-refractivity contribution in [2.75, 3.05) is 24.7 Å². The highest BCUT2D eigenvalue weighted by atomic mass is 79.9. The lowest BCUT2D eigenvalue weighted by Gasteiger charge is -2.12. The molecule has 2 rings (SSSR count). The van der Waals surface area contributed by atoms with Crippen molar-refractivity contribution in [3.05, 3.63) is 57.0 Å². The van der Waals surface area contributed by atoms with Gasteiger partial charge in [-0.15, -0.1) is 0 Å². The average Bonchev–Trinajstić information content (AvgIpc) is 2.34. The van der Waals surface area contributed by atoms with Gasteiger partial charge < -0.3 is 10.6 Å². The molecule has 0 aliphatic heterocycles. The predicted octanol–water partition coefficient (Wildman–Crippen LogP) is 4.82. The highest BCUT2D eigenvalue weighted by molar-refractivity contribution is 9.10. The molecule has 0 heterocycles. The van der Waals surface area contributed by atoms with Crippen molar-refractivity contribution in [3.8, 4) is 0 Å². The Labute approximate surface area is 133 Å². The largest absolute Gasteiger partial charge is 0.396 e. The summed E-state index contributed by atoms with van der Waals surface area (Å²) in [5.74, 6) is -0.589. The Bertz CT molecular complexity index is 589. The first-order valence-corrected chi connectivity index (χ1v) is 7.22. The normalized spacial score (nSPS) is 9.70. The third kappa shape index (κ3) is 5.09. The van der Waals surface area contributed by atoms with Gasteiger partial charge in [-0.1, -0.05) is 31.9 Å². The van der Waals surface area contributed by atoms with E-state index in [0.717, 1.165) is 4.47 Å². The van der Waals surface area contributed by atoms with Gasteiger partial charge in [0.1, 0.15) is 11.6 Å². The molecule has 0 saturated heterocycles. The minimum atomic E-state index is -0.385. The SMILES string of the molecule is CN(C)c1ccc(Br)cc1F.Nc1ccc(Br)cc1F. The zero-order chi connectivity index (χ0) is 15.3. The molecule has 0 amide bonds. The fourth-order valence-corrected chi connectivity index (χ4v) is 2.01. The molecule has 2 aromatic carbocycles. The van der Waals surface area contributed by atoms with Gasteiger partial charge in [0.25, 0.3) is 0 Å². The summed E-state index contributed by atoms with van der Waals surface area (Å²) >= 11 is 6.29. The first kappa shape index (κ1) is 16.9. The van der Waals surface area contributed by atoms with Crippen LogP contribution in [-0.4, -0.2) is 14.1 Å². The Morgan fingerprint density at radius 1 is 0.900 bits per heavy atom. The molecule has 0 fully saturated rings. The van der Waals surface area contributed by atoms with E-state index in [1.165, 1.54) is 18.2 Å². The van der Waals surface area contributed by atoms with Crippen LogP contribution in [0.4, 0.5) is 20.2 Å². The molecule has 0 atom stereocenters. The monoisotopic (exact) mass is 406 g/mol. The Morgan fingerprint density at radius 3 is 1.80 bits per heavy atom. The quantitative estimate of drug-likeness (QED) is 0.686. The number of hydrogen-bond acceptors (Lipinski definition) is 2. The number of nitrogens with two attached hydrogens (primary N) is 1. The maximum absolute atomic E-state index is 13.0. The van der Waals surface area contributed by atoms with Crippen LogP contribution in [-0.2, 0) is 0 Å². The van der Waals surface area contributed by atoms with E-state index in [-0.39, 0.29) is 17.3 Å². The van der Waals surface area contributed by atoms with Crippen LogP contribution in [0.1, 0.15) is 0 Å². The minimum Gasteiger partial charge on any atom is -0.396 e. The van der Waals surface area contributed by atoms with Gasteiger partial charge in [-0.3, -0.25) is 0 Å². The van der Waals surface area contributed by atoms with Crippen LogP contribution in [0.2, 0.25) is 0 Å². The van der Waals surface area contributed by atoms with Crippen LogP contribution in [0.15, 0.2) is 45.3 Å². The molecule has 0 aliphatic rings. The number of anilines is 2. The van der Waals surface area contributed by atoms with Gasteiger partial charge in [0.05, 0.1) is 11.4 Å². The van der Waals surface area contributed by atoms with Gasteiger partial charge in [-0.25, -0.2) is 8.78 Å². The van der Waals surface area contributed by atoms with Crippen molar-refractivity contribution in [2.45, 2.75) is 0 Å². The smallest absolute Gasteiger partial charge is 0.147 e. The standard InChI is InChI=1S/C8H9BrFN.C6H5BrFN/c1-11(2)8-4-3-6(9)5-7(8)10;7-4-1-2-6(9)5(8)3-4/h3-5H,1-2H3;1-3H,9H2.